The van der Waals surface area contributed by atoms with Crippen LogP contribution in [0.25, 0.3) is 0 Å². The Morgan fingerprint density at radius 1 is 0.926 bits per heavy atom. The molecule has 0 aromatic heterocycles. The molecular formula is C22H29N3O2. The first-order chi connectivity index (χ1) is 12.8. The Balaban J connectivity index is 1.83. The van der Waals surface area contributed by atoms with Crippen LogP contribution in [0.5, 0.6) is 0 Å². The highest BCUT2D eigenvalue weighted by atomic mass is 16.2. The molecule has 27 heavy (non-hydrogen) atoms. The maximum atomic E-state index is 12.6. The first-order valence-corrected chi connectivity index (χ1v) is 9.22. The van der Waals surface area contributed by atoms with E-state index in [1.165, 1.54) is 5.56 Å². The lowest BCUT2D eigenvalue weighted by molar-refractivity contribution is -0.138. The number of amides is 2. The van der Waals surface area contributed by atoms with E-state index in [9.17, 15) is 9.59 Å². The average molecular weight is 367 g/mol. The summed E-state index contributed by atoms with van der Waals surface area (Å²) in [6, 6.07) is 17.7. The Morgan fingerprint density at radius 3 is 2.15 bits per heavy atom. The van der Waals surface area contributed by atoms with E-state index < -0.39 is 5.41 Å². The van der Waals surface area contributed by atoms with Crippen molar-refractivity contribution in [2.45, 2.75) is 26.7 Å². The summed E-state index contributed by atoms with van der Waals surface area (Å²) in [4.78, 5) is 27.0. The molecule has 0 fully saturated rings. The molecule has 0 atom stereocenters. The zero-order chi connectivity index (χ0) is 19.9. The Labute approximate surface area is 161 Å². The largest absolute Gasteiger partial charge is 0.378 e. The molecule has 144 valence electrons. The van der Waals surface area contributed by atoms with E-state index in [1.54, 1.807) is 13.8 Å². The van der Waals surface area contributed by atoms with Gasteiger partial charge in [0.1, 0.15) is 5.41 Å². The van der Waals surface area contributed by atoms with E-state index in [1.807, 2.05) is 61.5 Å². The van der Waals surface area contributed by atoms with E-state index in [4.69, 9.17) is 0 Å². The fourth-order valence-corrected chi connectivity index (χ4v) is 2.59. The lowest BCUT2D eigenvalue weighted by Gasteiger charge is -2.23. The SMILES string of the molecule is CN(C)c1ccc(NC(=O)C(C)(C)C(=O)NCCCc2ccccc2)cc1. The number of aryl methyl sites for hydroxylation is 1. The van der Waals surface area contributed by atoms with Gasteiger partial charge in [-0.3, -0.25) is 9.59 Å². The summed E-state index contributed by atoms with van der Waals surface area (Å²) in [7, 11) is 3.91. The third-order valence-corrected chi connectivity index (χ3v) is 4.55. The van der Waals surface area contributed by atoms with Crippen LogP contribution in [0.4, 0.5) is 11.4 Å². The standard InChI is InChI=1S/C22H29N3O2/c1-22(2,20(26)23-16-8-11-17-9-6-5-7-10-17)21(27)24-18-12-14-19(15-13-18)25(3)4/h5-7,9-10,12-15H,8,11,16H2,1-4H3,(H,23,26)(H,24,27). The minimum atomic E-state index is -1.15. The number of carbonyl (C=O) groups excluding carboxylic acids is 2. The van der Waals surface area contributed by atoms with E-state index in [2.05, 4.69) is 22.8 Å². The van der Waals surface area contributed by atoms with Crippen molar-refractivity contribution in [3.8, 4) is 0 Å². The maximum absolute atomic E-state index is 12.6. The highest BCUT2D eigenvalue weighted by Gasteiger charge is 2.35. The number of rotatable bonds is 8. The molecule has 0 radical (unpaired) electrons. The fourth-order valence-electron chi connectivity index (χ4n) is 2.59. The number of carbonyl (C=O) groups is 2. The second-order valence-electron chi connectivity index (χ2n) is 7.37. The molecule has 0 aliphatic carbocycles. The Morgan fingerprint density at radius 2 is 1.56 bits per heavy atom. The van der Waals surface area contributed by atoms with Crippen molar-refractivity contribution in [1.82, 2.24) is 5.32 Å². The van der Waals surface area contributed by atoms with Gasteiger partial charge in [-0.2, -0.15) is 0 Å². The molecule has 2 rings (SSSR count). The Hall–Kier alpha value is -2.82. The molecule has 0 saturated heterocycles. The monoisotopic (exact) mass is 367 g/mol. The second kappa shape index (κ2) is 9.21. The van der Waals surface area contributed by atoms with Crippen LogP contribution in [0.3, 0.4) is 0 Å². The van der Waals surface area contributed by atoms with Crippen molar-refractivity contribution in [1.29, 1.82) is 0 Å². The first-order valence-electron chi connectivity index (χ1n) is 9.22. The number of benzene rings is 2. The van der Waals surface area contributed by atoms with Gasteiger partial charge in [0.2, 0.25) is 11.8 Å². The van der Waals surface area contributed by atoms with Gasteiger partial charge in [0.15, 0.2) is 0 Å². The third-order valence-electron chi connectivity index (χ3n) is 4.55. The number of nitrogens with zero attached hydrogens (tertiary/aromatic N) is 1. The van der Waals surface area contributed by atoms with Gasteiger partial charge < -0.3 is 15.5 Å². The number of anilines is 2. The number of hydrogen-bond acceptors (Lipinski definition) is 3. The summed E-state index contributed by atoms with van der Waals surface area (Å²) in [6.07, 6.45) is 1.73. The molecule has 0 saturated carbocycles. The number of hydrogen-bond donors (Lipinski definition) is 2. The van der Waals surface area contributed by atoms with Crippen LogP contribution in [-0.2, 0) is 16.0 Å². The van der Waals surface area contributed by atoms with E-state index >= 15 is 0 Å². The topological polar surface area (TPSA) is 61.4 Å². The first kappa shape index (κ1) is 20.5. The van der Waals surface area contributed by atoms with Gasteiger partial charge >= 0.3 is 0 Å². The Bertz CT molecular complexity index is 753. The minimum Gasteiger partial charge on any atom is -0.378 e. The van der Waals surface area contributed by atoms with Crippen molar-refractivity contribution in [3.05, 3.63) is 60.2 Å². The van der Waals surface area contributed by atoms with Crippen LogP contribution in [0.15, 0.2) is 54.6 Å². The molecule has 0 aliphatic rings. The number of nitrogens with one attached hydrogen (secondary N) is 2. The molecule has 0 heterocycles. The van der Waals surface area contributed by atoms with Crippen LogP contribution < -0.4 is 15.5 Å². The van der Waals surface area contributed by atoms with Gasteiger partial charge in [-0.1, -0.05) is 30.3 Å². The quantitative estimate of drug-likeness (QED) is 0.555. The van der Waals surface area contributed by atoms with Gasteiger partial charge in [-0.05, 0) is 56.5 Å². The van der Waals surface area contributed by atoms with Crippen LogP contribution >= 0.6 is 0 Å². The van der Waals surface area contributed by atoms with Crippen molar-refractivity contribution in [2.24, 2.45) is 5.41 Å². The zero-order valence-electron chi connectivity index (χ0n) is 16.6. The van der Waals surface area contributed by atoms with Crippen LogP contribution in [0, 0.1) is 5.41 Å². The van der Waals surface area contributed by atoms with Crippen molar-refractivity contribution < 1.29 is 9.59 Å². The summed E-state index contributed by atoms with van der Waals surface area (Å²) in [5.41, 5.74) is 1.82. The lowest BCUT2D eigenvalue weighted by Crippen LogP contribution is -2.45. The van der Waals surface area contributed by atoms with Crippen molar-refractivity contribution >= 4 is 23.2 Å². The molecule has 5 heteroatoms. The molecule has 0 spiro atoms. The normalized spacial score (nSPS) is 11.0. The molecular weight excluding hydrogens is 338 g/mol. The van der Waals surface area contributed by atoms with Gasteiger partial charge in [0.05, 0.1) is 0 Å². The van der Waals surface area contributed by atoms with Crippen LogP contribution in [0.1, 0.15) is 25.8 Å². The summed E-state index contributed by atoms with van der Waals surface area (Å²) >= 11 is 0. The van der Waals surface area contributed by atoms with Gasteiger partial charge in [0, 0.05) is 32.0 Å². The molecule has 2 aromatic rings. The molecule has 5 nitrogen and oxygen atoms in total. The van der Waals surface area contributed by atoms with Crippen molar-refractivity contribution in [2.75, 3.05) is 30.9 Å². The van der Waals surface area contributed by atoms with E-state index in [0.29, 0.717) is 12.2 Å². The summed E-state index contributed by atoms with van der Waals surface area (Å²) < 4.78 is 0. The van der Waals surface area contributed by atoms with Gasteiger partial charge in [-0.15, -0.1) is 0 Å². The Kier molecular flexibility index (Phi) is 6.99. The maximum Gasteiger partial charge on any atom is 0.239 e. The average Bonchev–Trinajstić information content (AvgIpc) is 2.66. The molecule has 2 aromatic carbocycles. The van der Waals surface area contributed by atoms with Crippen LogP contribution in [-0.4, -0.2) is 32.5 Å². The summed E-state index contributed by atoms with van der Waals surface area (Å²) in [6.45, 7) is 3.83. The third kappa shape index (κ3) is 5.84. The second-order valence-corrected chi connectivity index (χ2v) is 7.37. The highest BCUT2D eigenvalue weighted by Crippen LogP contribution is 2.21. The smallest absolute Gasteiger partial charge is 0.239 e. The van der Waals surface area contributed by atoms with E-state index in [0.717, 1.165) is 18.5 Å². The predicted molar refractivity (Wildman–Crippen MR) is 111 cm³/mol. The molecule has 0 unspecified atom stereocenters. The van der Waals surface area contributed by atoms with Crippen molar-refractivity contribution in [3.63, 3.8) is 0 Å². The summed E-state index contributed by atoms with van der Waals surface area (Å²) in [5.74, 6) is -0.585. The van der Waals surface area contributed by atoms with Gasteiger partial charge in [0.25, 0.3) is 0 Å². The van der Waals surface area contributed by atoms with E-state index in [-0.39, 0.29) is 11.8 Å². The highest BCUT2D eigenvalue weighted by molar-refractivity contribution is 6.09. The minimum absolute atomic E-state index is 0.266. The zero-order valence-corrected chi connectivity index (χ0v) is 16.6. The molecule has 2 N–H and O–H groups in total. The summed E-state index contributed by atoms with van der Waals surface area (Å²) in [5, 5.41) is 5.70. The predicted octanol–water partition coefficient (Wildman–Crippen LogP) is 3.47. The van der Waals surface area contributed by atoms with Gasteiger partial charge in [-0.25, -0.2) is 0 Å². The molecule has 2 amide bonds. The molecule has 0 aliphatic heterocycles. The fraction of sp³-hybridized carbons (Fsp3) is 0.364. The molecule has 0 bridgehead atoms. The van der Waals surface area contributed by atoms with Crippen LogP contribution in [0.2, 0.25) is 0 Å². The lowest BCUT2D eigenvalue weighted by atomic mass is 9.91.